The van der Waals surface area contributed by atoms with E-state index in [1.807, 2.05) is 18.4 Å². The van der Waals surface area contributed by atoms with Crippen LogP contribution in [0.15, 0.2) is 35.7 Å². The quantitative estimate of drug-likeness (QED) is 0.497. The summed E-state index contributed by atoms with van der Waals surface area (Å²) < 4.78 is 15.0. The molecule has 0 radical (unpaired) electrons. The van der Waals surface area contributed by atoms with Gasteiger partial charge in [0.1, 0.15) is 10.6 Å². The average molecular weight is 415 g/mol. The van der Waals surface area contributed by atoms with E-state index in [0.717, 1.165) is 32.3 Å². The molecule has 0 bridgehead atoms. The van der Waals surface area contributed by atoms with Crippen LogP contribution in [0, 0.1) is 12.7 Å². The number of nitrogens with zero attached hydrogens (tertiary/aromatic N) is 3. The first-order valence-corrected chi connectivity index (χ1v) is 10.6. The van der Waals surface area contributed by atoms with Crippen molar-refractivity contribution in [2.75, 3.05) is 0 Å². The monoisotopic (exact) mass is 414 g/mol. The fourth-order valence-electron chi connectivity index (χ4n) is 2.84. The summed E-state index contributed by atoms with van der Waals surface area (Å²) in [5, 5.41) is 11.4. The number of hydrogen-bond donors (Lipinski definition) is 1. The van der Waals surface area contributed by atoms with Crippen molar-refractivity contribution >= 4 is 38.8 Å². The first-order valence-electron chi connectivity index (χ1n) is 8.90. The first-order chi connectivity index (χ1) is 13.4. The Morgan fingerprint density at radius 3 is 2.71 bits per heavy atom. The average Bonchev–Trinajstić information content (AvgIpc) is 3.37. The third kappa shape index (κ3) is 3.57. The van der Waals surface area contributed by atoms with Gasteiger partial charge < -0.3 is 5.32 Å². The maximum Gasteiger partial charge on any atom is 0.261 e. The highest BCUT2D eigenvalue weighted by molar-refractivity contribution is 7.20. The number of aromatic nitrogens is 3. The van der Waals surface area contributed by atoms with Gasteiger partial charge in [0.05, 0.1) is 33.5 Å². The van der Waals surface area contributed by atoms with Crippen LogP contribution in [0.2, 0.25) is 0 Å². The molecule has 0 unspecified atom stereocenters. The SMILES string of the molecule is Cc1nn(-c2ccc(F)cc2)c2sc(C(=O)NCc3csc(C(C)C)n3)cc12. The van der Waals surface area contributed by atoms with Crippen molar-refractivity contribution in [1.29, 1.82) is 0 Å². The van der Waals surface area contributed by atoms with Crippen molar-refractivity contribution in [1.82, 2.24) is 20.1 Å². The number of halogens is 1. The Kier molecular flexibility index (Phi) is 4.99. The van der Waals surface area contributed by atoms with Gasteiger partial charge in [-0.2, -0.15) is 5.10 Å². The number of nitrogens with one attached hydrogen (secondary N) is 1. The van der Waals surface area contributed by atoms with Crippen LogP contribution < -0.4 is 5.32 Å². The summed E-state index contributed by atoms with van der Waals surface area (Å²) in [4.78, 5) is 18.7. The Morgan fingerprint density at radius 1 is 1.29 bits per heavy atom. The van der Waals surface area contributed by atoms with Gasteiger partial charge in [0, 0.05) is 16.7 Å². The third-order valence-electron chi connectivity index (χ3n) is 4.33. The zero-order chi connectivity index (χ0) is 19.8. The van der Waals surface area contributed by atoms with Crippen molar-refractivity contribution in [2.45, 2.75) is 33.2 Å². The van der Waals surface area contributed by atoms with Crippen molar-refractivity contribution < 1.29 is 9.18 Å². The summed E-state index contributed by atoms with van der Waals surface area (Å²) in [7, 11) is 0. The van der Waals surface area contributed by atoms with E-state index in [1.165, 1.54) is 23.5 Å². The van der Waals surface area contributed by atoms with Crippen LogP contribution in [0.4, 0.5) is 4.39 Å². The van der Waals surface area contributed by atoms with Crippen LogP contribution in [0.1, 0.15) is 45.8 Å². The minimum atomic E-state index is -0.294. The van der Waals surface area contributed by atoms with Crippen LogP contribution in [0.5, 0.6) is 0 Å². The lowest BCUT2D eigenvalue weighted by molar-refractivity contribution is 0.0954. The van der Waals surface area contributed by atoms with Crippen molar-refractivity contribution in [3.05, 3.63) is 62.8 Å². The lowest BCUT2D eigenvalue weighted by atomic mass is 10.2. The molecule has 0 saturated carbocycles. The fourth-order valence-corrected chi connectivity index (χ4v) is 4.78. The normalized spacial score (nSPS) is 11.5. The van der Waals surface area contributed by atoms with E-state index in [2.05, 4.69) is 29.2 Å². The molecule has 8 heteroatoms. The van der Waals surface area contributed by atoms with Crippen LogP contribution in [-0.4, -0.2) is 20.7 Å². The number of carbonyl (C=O) groups excluding carboxylic acids is 1. The predicted molar refractivity (Wildman–Crippen MR) is 111 cm³/mol. The van der Waals surface area contributed by atoms with Crippen LogP contribution in [0.3, 0.4) is 0 Å². The molecular weight excluding hydrogens is 395 g/mol. The predicted octanol–water partition coefficient (Wildman–Crippen LogP) is 5.04. The molecule has 0 atom stereocenters. The number of rotatable bonds is 5. The number of aryl methyl sites for hydroxylation is 1. The molecule has 0 saturated heterocycles. The number of fused-ring (bicyclic) bond motifs is 1. The summed E-state index contributed by atoms with van der Waals surface area (Å²) in [6.07, 6.45) is 0. The molecular formula is C20H19FN4OS2. The van der Waals surface area contributed by atoms with Gasteiger partial charge in [0.2, 0.25) is 0 Å². The van der Waals surface area contributed by atoms with E-state index in [0.29, 0.717) is 17.3 Å². The van der Waals surface area contributed by atoms with E-state index >= 15 is 0 Å². The zero-order valence-electron chi connectivity index (χ0n) is 15.7. The highest BCUT2D eigenvalue weighted by atomic mass is 32.1. The number of carbonyl (C=O) groups is 1. The largest absolute Gasteiger partial charge is 0.346 e. The van der Waals surface area contributed by atoms with E-state index in [1.54, 1.807) is 28.2 Å². The van der Waals surface area contributed by atoms with Gasteiger partial charge in [-0.3, -0.25) is 4.79 Å². The van der Waals surface area contributed by atoms with Gasteiger partial charge in [0.15, 0.2) is 0 Å². The first kappa shape index (κ1) is 18.8. The summed E-state index contributed by atoms with van der Waals surface area (Å²) >= 11 is 2.99. The Labute approximate surface area is 169 Å². The van der Waals surface area contributed by atoms with Crippen LogP contribution in [-0.2, 0) is 6.54 Å². The minimum Gasteiger partial charge on any atom is -0.346 e. The second kappa shape index (κ2) is 7.44. The third-order valence-corrected chi connectivity index (χ3v) is 6.64. The lowest BCUT2D eigenvalue weighted by Crippen LogP contribution is -2.22. The fraction of sp³-hybridized carbons (Fsp3) is 0.250. The molecule has 4 rings (SSSR count). The van der Waals surface area contributed by atoms with Gasteiger partial charge in [-0.05, 0) is 37.3 Å². The van der Waals surface area contributed by atoms with Crippen LogP contribution in [0.25, 0.3) is 15.9 Å². The molecule has 0 aliphatic carbocycles. The molecule has 28 heavy (non-hydrogen) atoms. The topological polar surface area (TPSA) is 59.8 Å². The zero-order valence-corrected chi connectivity index (χ0v) is 17.3. The van der Waals surface area contributed by atoms with E-state index in [9.17, 15) is 9.18 Å². The molecule has 0 aliphatic rings. The van der Waals surface area contributed by atoms with Gasteiger partial charge in [-0.25, -0.2) is 14.1 Å². The molecule has 1 N–H and O–H groups in total. The Balaban J connectivity index is 1.56. The van der Waals surface area contributed by atoms with Crippen molar-refractivity contribution in [3.8, 4) is 5.69 Å². The molecule has 1 amide bonds. The standard InChI is InChI=1S/C20H19FN4OS2/c1-11(2)19-23-14(10-27-19)9-22-18(26)17-8-16-12(3)24-25(20(16)28-17)15-6-4-13(21)5-7-15/h4-8,10-11H,9H2,1-3H3,(H,22,26). The lowest BCUT2D eigenvalue weighted by Gasteiger charge is -2.03. The molecule has 0 aliphatic heterocycles. The second-order valence-electron chi connectivity index (χ2n) is 6.82. The van der Waals surface area contributed by atoms with Crippen LogP contribution >= 0.6 is 22.7 Å². The molecule has 1 aromatic carbocycles. The molecule has 0 fully saturated rings. The number of amides is 1. The summed E-state index contributed by atoms with van der Waals surface area (Å²) in [5.41, 5.74) is 2.46. The molecule has 3 heterocycles. The Bertz CT molecular complexity index is 1140. The van der Waals surface area contributed by atoms with E-state index in [4.69, 9.17) is 0 Å². The number of thiophene rings is 1. The highest BCUT2D eigenvalue weighted by Crippen LogP contribution is 2.30. The molecule has 3 aromatic heterocycles. The molecule has 5 nitrogen and oxygen atoms in total. The smallest absolute Gasteiger partial charge is 0.261 e. The molecule has 144 valence electrons. The molecule has 0 spiro atoms. The van der Waals surface area contributed by atoms with Gasteiger partial charge >= 0.3 is 0 Å². The van der Waals surface area contributed by atoms with Crippen molar-refractivity contribution in [2.24, 2.45) is 0 Å². The summed E-state index contributed by atoms with van der Waals surface area (Å²) in [6.45, 7) is 6.51. The number of thiazole rings is 1. The second-order valence-corrected chi connectivity index (χ2v) is 8.74. The van der Waals surface area contributed by atoms with E-state index < -0.39 is 0 Å². The Hall–Kier alpha value is -2.58. The van der Waals surface area contributed by atoms with E-state index in [-0.39, 0.29) is 11.7 Å². The number of benzene rings is 1. The molecule has 4 aromatic rings. The minimum absolute atomic E-state index is 0.134. The Morgan fingerprint density at radius 2 is 2.04 bits per heavy atom. The highest BCUT2D eigenvalue weighted by Gasteiger charge is 2.17. The maximum atomic E-state index is 13.2. The van der Waals surface area contributed by atoms with Crippen molar-refractivity contribution in [3.63, 3.8) is 0 Å². The number of hydrogen-bond acceptors (Lipinski definition) is 5. The summed E-state index contributed by atoms with van der Waals surface area (Å²) in [6, 6.07) is 8.01. The van der Waals surface area contributed by atoms with Gasteiger partial charge in [0.25, 0.3) is 5.91 Å². The summed E-state index contributed by atoms with van der Waals surface area (Å²) in [5.74, 6) is -0.0439. The maximum absolute atomic E-state index is 13.2. The van der Waals surface area contributed by atoms with Gasteiger partial charge in [-0.1, -0.05) is 13.8 Å². The van der Waals surface area contributed by atoms with Gasteiger partial charge in [-0.15, -0.1) is 22.7 Å².